The fourth-order valence-corrected chi connectivity index (χ4v) is 19.7. The maximum Gasteiger partial charge on any atom is 0.425 e. The van der Waals surface area contributed by atoms with Crippen LogP contribution in [0, 0.1) is 26.2 Å². The van der Waals surface area contributed by atoms with E-state index in [0.717, 1.165) is 169 Å². The Labute approximate surface area is 786 Å². The lowest BCUT2D eigenvalue weighted by Gasteiger charge is -2.45. The number of alkyl halides is 12. The van der Waals surface area contributed by atoms with E-state index in [4.69, 9.17) is 26.6 Å². The van der Waals surface area contributed by atoms with Crippen LogP contribution in [0.15, 0.2) is 72.8 Å². The number of hydrogen-bond acceptors (Lipinski definition) is 19. The molecule has 4 N–H and O–H groups in total. The lowest BCUT2D eigenvalue weighted by Crippen LogP contribution is -2.53. The summed E-state index contributed by atoms with van der Waals surface area (Å²) in [6, 6.07) is 24.3. The summed E-state index contributed by atoms with van der Waals surface area (Å²) in [5.41, 5.74) is 9.67. The third-order valence-corrected chi connectivity index (χ3v) is 28.2. The molecule has 0 saturated carbocycles. The molecule has 0 bridgehead atoms. The minimum absolute atomic E-state index is 0.0526. The van der Waals surface area contributed by atoms with Gasteiger partial charge in [-0.2, -0.15) is 52.7 Å². The molecule has 4 aromatic rings. The zero-order valence-electron chi connectivity index (χ0n) is 78.6. The van der Waals surface area contributed by atoms with Crippen LogP contribution >= 0.6 is 11.6 Å². The molecular weight excluding hydrogens is 1810 g/mol. The number of ether oxygens (including phenoxy) is 6. The van der Waals surface area contributed by atoms with Crippen molar-refractivity contribution in [2.45, 2.75) is 307 Å². The number of piperidine rings is 4. The van der Waals surface area contributed by atoms with Gasteiger partial charge in [0.15, 0.2) is 24.4 Å². The molecule has 8 heterocycles. The lowest BCUT2D eigenvalue weighted by atomic mass is 9.84. The van der Waals surface area contributed by atoms with Crippen molar-refractivity contribution in [3.63, 3.8) is 0 Å². The van der Waals surface area contributed by atoms with Crippen molar-refractivity contribution in [1.29, 1.82) is 0 Å². The van der Waals surface area contributed by atoms with Gasteiger partial charge in [0, 0.05) is 136 Å². The number of carbonyl (C=O) groups is 8. The van der Waals surface area contributed by atoms with E-state index in [0.29, 0.717) is 167 Å². The van der Waals surface area contributed by atoms with Crippen LogP contribution in [0.3, 0.4) is 0 Å². The van der Waals surface area contributed by atoms with Gasteiger partial charge in [-0.25, -0.2) is 19.2 Å². The normalized spacial score (nSPS) is 19.5. The van der Waals surface area contributed by atoms with E-state index < -0.39 is 96.8 Å². The van der Waals surface area contributed by atoms with Crippen LogP contribution in [-0.2, 0) is 81.9 Å². The summed E-state index contributed by atoms with van der Waals surface area (Å²) >= 11 is 6.30. The molecule has 4 aromatic carbocycles. The summed E-state index contributed by atoms with van der Waals surface area (Å²) in [5.74, 6) is -1.71. The first-order valence-electron chi connectivity index (χ1n) is 46.6. The Morgan fingerprint density at radius 2 is 0.763 bits per heavy atom. The van der Waals surface area contributed by atoms with Gasteiger partial charge in [0.1, 0.15) is 12.4 Å². The van der Waals surface area contributed by atoms with E-state index >= 15 is 0 Å². The van der Waals surface area contributed by atoms with Crippen molar-refractivity contribution in [2.75, 3.05) is 104 Å². The molecule has 0 radical (unpaired) electrons. The van der Waals surface area contributed by atoms with Crippen LogP contribution in [0.2, 0.25) is 5.02 Å². The zero-order valence-corrected chi connectivity index (χ0v) is 79.3. The van der Waals surface area contributed by atoms with E-state index in [1.54, 1.807) is 19.9 Å². The van der Waals surface area contributed by atoms with Gasteiger partial charge in [0.05, 0.1) is 12.0 Å². The van der Waals surface area contributed by atoms with Crippen molar-refractivity contribution in [3.05, 3.63) is 128 Å². The van der Waals surface area contributed by atoms with Crippen LogP contribution in [0.4, 0.5) is 77.6 Å². The number of carboxylic acid groups (broad SMARTS) is 3. The van der Waals surface area contributed by atoms with Crippen LogP contribution < -0.4 is 10.1 Å². The smallest absolute Gasteiger partial charge is 0.425 e. The number of carbonyl (C=O) groups excluding carboxylic acids is 5. The van der Waals surface area contributed by atoms with Gasteiger partial charge < -0.3 is 68.7 Å². The first kappa shape index (κ1) is 109. The number of amides is 4. The molecule has 0 aliphatic carbocycles. The molecule has 0 aromatic heterocycles. The number of halogens is 13. The zero-order chi connectivity index (χ0) is 99.2. The summed E-state index contributed by atoms with van der Waals surface area (Å²) in [5, 5.41) is 31.1. The van der Waals surface area contributed by atoms with Crippen molar-refractivity contribution in [1.82, 2.24) is 39.2 Å². The average molecular weight is 1950 g/mol. The lowest BCUT2D eigenvalue weighted by molar-refractivity contribution is -0.200. The average Bonchev–Trinajstić information content (AvgIpc) is 1.66. The highest BCUT2D eigenvalue weighted by Gasteiger charge is 2.52. The minimum Gasteiger partial charge on any atom is -0.493 e. The Morgan fingerprint density at radius 1 is 0.422 bits per heavy atom. The second-order valence-corrected chi connectivity index (χ2v) is 38.3. The third-order valence-electron chi connectivity index (χ3n) is 27.9. The summed E-state index contributed by atoms with van der Waals surface area (Å²) in [4.78, 5) is 108. The molecule has 754 valence electrons. The van der Waals surface area contributed by atoms with Crippen LogP contribution in [0.25, 0.3) is 0 Å². The van der Waals surface area contributed by atoms with Crippen molar-refractivity contribution in [2.24, 2.45) is 5.41 Å². The molecule has 26 nitrogen and oxygen atoms in total. The maximum atomic E-state index is 12.8. The van der Waals surface area contributed by atoms with Crippen molar-refractivity contribution in [3.8, 4) is 5.75 Å². The predicted octanol–water partition coefficient (Wildman–Crippen LogP) is 19.7. The molecule has 4 unspecified atom stereocenters. The van der Waals surface area contributed by atoms with E-state index in [1.807, 2.05) is 56.3 Å². The van der Waals surface area contributed by atoms with Crippen molar-refractivity contribution < 1.29 is 135 Å². The quantitative estimate of drug-likeness (QED) is 0.0163. The predicted molar refractivity (Wildman–Crippen MR) is 479 cm³/mol. The Hall–Kier alpha value is -9.27. The molecule has 39 heteroatoms. The largest absolute Gasteiger partial charge is 0.493 e. The number of nitrogens with zero attached hydrogens (tertiary/aromatic N) is 8. The second kappa shape index (κ2) is 47.9. The van der Waals surface area contributed by atoms with E-state index in [-0.39, 0.29) is 41.6 Å². The molecule has 135 heavy (non-hydrogen) atoms. The molecular formula is C96H132ClF12N9O17. The Bertz CT molecular complexity index is 4610. The number of anilines is 1. The Balaban J connectivity index is 0.000000202. The number of rotatable bonds is 30. The number of aryl methyl sites for hydroxylation is 5. The highest BCUT2D eigenvalue weighted by Crippen LogP contribution is 2.46. The molecule has 4 amide bonds. The fraction of sp³-hybridized carbons (Fsp3) is 0.667. The highest BCUT2D eigenvalue weighted by atomic mass is 35.5. The summed E-state index contributed by atoms with van der Waals surface area (Å²) in [6.07, 6.45) is -13.7. The molecule has 8 aliphatic rings. The number of hydrogen-bond donors (Lipinski definition) is 4. The molecule has 4 atom stereocenters. The summed E-state index contributed by atoms with van der Waals surface area (Å²) in [6.45, 7) is 23.7. The fourth-order valence-electron chi connectivity index (χ4n) is 19.5. The van der Waals surface area contributed by atoms with Gasteiger partial charge >= 0.3 is 67.0 Å². The Kier molecular flexibility index (Phi) is 38.8. The molecule has 8 fully saturated rings. The topological polar surface area (TPSA) is 291 Å². The van der Waals surface area contributed by atoms with Gasteiger partial charge in [0.25, 0.3) is 6.47 Å². The number of aliphatic carboxylic acids is 3. The van der Waals surface area contributed by atoms with Gasteiger partial charge in [-0.15, -0.1) is 0 Å². The first-order chi connectivity index (χ1) is 63.4. The van der Waals surface area contributed by atoms with Crippen LogP contribution in [-0.4, -0.2) is 273 Å². The number of likely N-dealkylation sites (tertiary alicyclic amines) is 8. The summed E-state index contributed by atoms with van der Waals surface area (Å²) in [7, 11) is 0. The number of carboxylic acids is 3. The van der Waals surface area contributed by atoms with Crippen LogP contribution in [0.5, 0.6) is 5.75 Å². The highest BCUT2D eigenvalue weighted by molar-refractivity contribution is 6.31. The van der Waals surface area contributed by atoms with Gasteiger partial charge in [-0.1, -0.05) is 71.3 Å². The molecule has 8 aliphatic heterocycles. The maximum absolute atomic E-state index is 12.8. The van der Waals surface area contributed by atoms with Gasteiger partial charge in [-0.3, -0.25) is 38.8 Å². The third kappa shape index (κ3) is 31.4. The summed E-state index contributed by atoms with van der Waals surface area (Å²) < 4.78 is 182. The molecule has 4 spiro atoms. The number of benzene rings is 4. The van der Waals surface area contributed by atoms with Gasteiger partial charge in [-0.05, 0) is 281 Å². The SMILES string of the molecule is CC(OC(=O)N1CCC2(CCCN2Cc2cc(Cl)cc(NCCOC=O)c2)CC1)C(F)(F)F.Cc1ccc(CN2CCCC23CCN(C(=O)OC(C)C(F)(F)F)CC3)c(CCC(=O)O)c1.Cc1ccc(CN2CCCC23CCN(C(=O)OC(C)C(F)(F)F)CC3)c(CCCC(C)(C)C(=O)O)c1.Cc1ccc(CN2CCCC23CCN(C(=O)OC(C)C(F)(F)F)CC3)c(OCCCC(=O)O)c1. The second-order valence-electron chi connectivity index (χ2n) is 37.9. The number of nitrogens with one attached hydrogen (secondary N) is 1. The first-order valence-corrected chi connectivity index (χ1v) is 47.0. The molecule has 12 rings (SSSR count). The van der Waals surface area contributed by atoms with Crippen molar-refractivity contribution >= 4 is 66.0 Å². The van der Waals surface area contributed by atoms with Crippen LogP contribution in [0.1, 0.15) is 226 Å². The van der Waals surface area contributed by atoms with Gasteiger partial charge in [0.2, 0.25) is 0 Å². The van der Waals surface area contributed by atoms with E-state index in [9.17, 15) is 96.1 Å². The van der Waals surface area contributed by atoms with E-state index in [2.05, 4.69) is 79.8 Å². The minimum atomic E-state index is -4.57. The standard InChI is InChI=1S/C27H39F3N2O4.C24H33F3N2O5.C23H31F3N2O4.C22H29ClF3N3O4/c1-19-8-9-22(21(17-19)7-5-10-25(3,4)23(33)34)18-32-14-6-11-26(32)12-15-31(16-13-26)24(35)36-20(2)27(28,29)30;1-17-6-7-19(20(15-17)33-14-3-5-21(30)31)16-29-11-4-8-23(29)9-12-28(13-10-23)22(32)34-18(2)24(25,26)27;1-16-4-5-19(18(14-16)6-7-20(29)30)15-28-11-3-8-22(28)9-12-27(13-10-22)21(31)32-17(2)23(24,25)26;1-16(22(24,25)26)33-20(31)28-8-4-21(5-9-28)3-2-7-29(21)14-17-11-18(23)13-19(12-17)27-6-10-32-15-30/h8-9,17,20H,5-7,10-16,18H2,1-4H3,(H,33,34);6-7,15,18H,3-5,8-14,16H2,1-2H3,(H,30,31);4-5,14,17H,3,6-13,15H2,1-2H3,(H,29,30);11-13,15-16,27H,2-10,14H2,1H3. The Morgan fingerprint density at radius 3 is 1.11 bits per heavy atom. The molecule has 8 saturated heterocycles. The van der Waals surface area contributed by atoms with E-state index in [1.165, 1.54) is 36.3 Å². The monoisotopic (exact) mass is 1950 g/mol.